The van der Waals surface area contributed by atoms with E-state index < -0.39 is 17.0 Å². The summed E-state index contributed by atoms with van der Waals surface area (Å²) in [5.41, 5.74) is 1.48. The van der Waals surface area contributed by atoms with Gasteiger partial charge < -0.3 is 18.9 Å². The van der Waals surface area contributed by atoms with Crippen LogP contribution in [0.5, 0.6) is 0 Å². The fraction of sp³-hybridized carbons (Fsp3) is 0.633. The van der Waals surface area contributed by atoms with E-state index in [9.17, 15) is 9.35 Å². The number of benzene rings is 1. The van der Waals surface area contributed by atoms with Crippen LogP contribution in [0.1, 0.15) is 66.9 Å². The van der Waals surface area contributed by atoms with E-state index in [1.807, 2.05) is 66.1 Å². The van der Waals surface area contributed by atoms with Crippen LogP contribution in [0, 0.1) is 5.41 Å². The summed E-state index contributed by atoms with van der Waals surface area (Å²) in [4.78, 5) is 27.3. The van der Waals surface area contributed by atoms with Gasteiger partial charge in [0.15, 0.2) is 0 Å². The van der Waals surface area contributed by atoms with Gasteiger partial charge in [-0.15, -0.1) is 4.72 Å². The highest BCUT2D eigenvalue weighted by atomic mass is 32.2. The summed E-state index contributed by atoms with van der Waals surface area (Å²) in [6.07, 6.45) is 6.07. The molecule has 0 aliphatic carbocycles. The molecule has 1 aromatic heterocycles. The third-order valence-corrected chi connectivity index (χ3v) is 10.7. The van der Waals surface area contributed by atoms with Crippen molar-refractivity contribution in [1.29, 1.82) is 0 Å². The van der Waals surface area contributed by atoms with Gasteiger partial charge in [-0.25, -0.2) is 14.8 Å². The highest BCUT2D eigenvalue weighted by Crippen LogP contribution is 2.44. The molecular formula is C30H43N5O4S2. The van der Waals surface area contributed by atoms with E-state index in [4.69, 9.17) is 19.4 Å². The van der Waals surface area contributed by atoms with E-state index in [1.165, 1.54) is 0 Å². The Bertz CT molecular complexity index is 1240. The number of hydrogen-bond donors (Lipinski definition) is 1. The van der Waals surface area contributed by atoms with Crippen LogP contribution in [0.15, 0.2) is 40.5 Å². The molecule has 1 spiro atoms. The number of amides is 1. The molecule has 2 fully saturated rings. The molecule has 0 unspecified atom stereocenters. The second-order valence-corrected chi connectivity index (χ2v) is 16.4. The van der Waals surface area contributed by atoms with Crippen molar-refractivity contribution in [2.24, 2.45) is 5.41 Å². The standard InChI is InChI=1S/C30H43N5O4S2/c1-20-26(33-41(37)29(5,6)7)30(19-38-20)12-15-34(16-13-30)24-17-32-25(18-31-24)40-23-10-8-9-22-21(23)11-14-35(22)27(36)39-28(2,3)4/h8-10,17-18,20,26,33H,11-16,19H2,1-7H3/t20-,26+,41+/m0/s1. The minimum atomic E-state index is -1.14. The maximum absolute atomic E-state index is 12.9. The molecule has 0 radical (unpaired) electrons. The van der Waals surface area contributed by atoms with Crippen LogP contribution in [-0.2, 0) is 27.3 Å². The molecule has 3 atom stereocenters. The first kappa shape index (κ1) is 30.4. The third-order valence-electron chi connectivity index (χ3n) is 8.06. The number of piperidine rings is 1. The van der Waals surface area contributed by atoms with Gasteiger partial charge in [-0.3, -0.25) is 4.90 Å². The molecule has 9 nitrogen and oxygen atoms in total. The van der Waals surface area contributed by atoms with E-state index >= 15 is 0 Å². The van der Waals surface area contributed by atoms with E-state index in [2.05, 4.69) is 22.6 Å². The van der Waals surface area contributed by atoms with Crippen molar-refractivity contribution >= 4 is 40.7 Å². The van der Waals surface area contributed by atoms with Crippen molar-refractivity contribution in [3.63, 3.8) is 0 Å². The lowest BCUT2D eigenvalue weighted by atomic mass is 9.73. The average molecular weight is 602 g/mol. The second kappa shape index (κ2) is 11.6. The summed E-state index contributed by atoms with van der Waals surface area (Å²) >= 11 is 0.431. The highest BCUT2D eigenvalue weighted by molar-refractivity contribution is 7.99. The van der Waals surface area contributed by atoms with E-state index in [0.717, 1.165) is 59.3 Å². The van der Waals surface area contributed by atoms with Crippen LogP contribution in [0.25, 0.3) is 0 Å². The summed E-state index contributed by atoms with van der Waals surface area (Å²) in [5, 5.41) is 0.818. The molecule has 1 amide bonds. The topological polar surface area (TPSA) is 103 Å². The van der Waals surface area contributed by atoms with Gasteiger partial charge in [-0.1, -0.05) is 17.8 Å². The maximum Gasteiger partial charge on any atom is 0.414 e. The quantitative estimate of drug-likeness (QED) is 0.454. The molecule has 41 heavy (non-hydrogen) atoms. The third kappa shape index (κ3) is 6.64. The average Bonchev–Trinajstić information content (AvgIpc) is 3.46. The Balaban J connectivity index is 1.22. The SMILES string of the molecule is C[C@@H]1OCC2(CCN(c3cnc(Sc4cccc5c4CCN5C(=O)OC(C)(C)C)cn3)CC2)[C@@H]1N[S@+]([O-])C(C)(C)C. The number of ether oxygens (including phenoxy) is 2. The molecule has 2 aromatic rings. The monoisotopic (exact) mass is 601 g/mol. The molecular weight excluding hydrogens is 558 g/mol. The van der Waals surface area contributed by atoms with Crippen LogP contribution in [0.3, 0.4) is 0 Å². The normalized spacial score (nSPS) is 23.1. The zero-order valence-corrected chi connectivity index (χ0v) is 26.9. The molecule has 5 rings (SSSR count). The predicted octanol–water partition coefficient (Wildman–Crippen LogP) is 5.35. The minimum Gasteiger partial charge on any atom is -0.598 e. The van der Waals surface area contributed by atoms with Gasteiger partial charge in [-0.05, 0) is 85.4 Å². The van der Waals surface area contributed by atoms with Crippen molar-refractivity contribution < 1.29 is 18.8 Å². The number of nitrogens with zero attached hydrogens (tertiary/aromatic N) is 4. The Hall–Kier alpha value is -2.05. The zero-order chi connectivity index (χ0) is 29.6. The number of fused-ring (bicyclic) bond motifs is 1. The second-order valence-electron chi connectivity index (χ2n) is 13.3. The van der Waals surface area contributed by atoms with Crippen LogP contribution in [-0.4, -0.2) is 69.3 Å². The van der Waals surface area contributed by atoms with E-state index in [1.54, 1.807) is 16.7 Å². The number of aromatic nitrogens is 2. The van der Waals surface area contributed by atoms with Gasteiger partial charge in [0.2, 0.25) is 0 Å². The molecule has 11 heteroatoms. The van der Waals surface area contributed by atoms with E-state index in [0.29, 0.717) is 13.2 Å². The summed E-state index contributed by atoms with van der Waals surface area (Å²) < 4.78 is 27.7. The fourth-order valence-electron chi connectivity index (χ4n) is 5.77. The largest absolute Gasteiger partial charge is 0.598 e. The lowest BCUT2D eigenvalue weighted by molar-refractivity contribution is 0.0584. The first-order chi connectivity index (χ1) is 19.3. The number of anilines is 2. The molecule has 224 valence electrons. The summed E-state index contributed by atoms with van der Waals surface area (Å²) in [5.74, 6) is 0.869. The van der Waals surface area contributed by atoms with Gasteiger partial charge in [0.25, 0.3) is 0 Å². The van der Waals surface area contributed by atoms with Crippen molar-refractivity contribution in [1.82, 2.24) is 14.7 Å². The molecule has 2 saturated heterocycles. The Morgan fingerprint density at radius 3 is 2.51 bits per heavy atom. The van der Waals surface area contributed by atoms with Crippen molar-refractivity contribution in [2.75, 3.05) is 36.0 Å². The van der Waals surface area contributed by atoms with Crippen LogP contribution in [0.2, 0.25) is 0 Å². The van der Waals surface area contributed by atoms with Crippen molar-refractivity contribution in [2.45, 2.75) is 100 Å². The van der Waals surface area contributed by atoms with Crippen molar-refractivity contribution in [3.8, 4) is 0 Å². The van der Waals surface area contributed by atoms with Gasteiger partial charge in [0.1, 0.15) is 21.2 Å². The lowest BCUT2D eigenvalue weighted by Crippen LogP contribution is -2.56. The van der Waals surface area contributed by atoms with Gasteiger partial charge in [0, 0.05) is 41.3 Å². The van der Waals surface area contributed by atoms with E-state index in [-0.39, 0.29) is 28.4 Å². The maximum atomic E-state index is 12.9. The molecule has 0 saturated carbocycles. The Labute approximate surface area is 251 Å². The zero-order valence-electron chi connectivity index (χ0n) is 25.2. The molecule has 1 aromatic carbocycles. The highest BCUT2D eigenvalue weighted by Gasteiger charge is 2.52. The van der Waals surface area contributed by atoms with Gasteiger partial charge in [0.05, 0.1) is 36.8 Å². The number of carbonyl (C=O) groups is 1. The Morgan fingerprint density at radius 2 is 1.88 bits per heavy atom. The lowest BCUT2D eigenvalue weighted by Gasteiger charge is -2.43. The first-order valence-corrected chi connectivity index (χ1v) is 16.4. The minimum absolute atomic E-state index is 0.0269. The van der Waals surface area contributed by atoms with Crippen LogP contribution >= 0.6 is 11.8 Å². The number of carbonyl (C=O) groups excluding carboxylic acids is 1. The molecule has 3 aliphatic rings. The first-order valence-electron chi connectivity index (χ1n) is 14.4. The summed E-state index contributed by atoms with van der Waals surface area (Å²) in [6.45, 7) is 16.7. The van der Waals surface area contributed by atoms with Gasteiger partial charge >= 0.3 is 6.09 Å². The molecule has 0 bridgehead atoms. The van der Waals surface area contributed by atoms with Gasteiger partial charge in [-0.2, -0.15) is 0 Å². The number of nitrogens with one attached hydrogen (secondary N) is 1. The number of rotatable bonds is 5. The van der Waals surface area contributed by atoms with Crippen LogP contribution < -0.4 is 14.5 Å². The predicted molar refractivity (Wildman–Crippen MR) is 164 cm³/mol. The molecule has 3 aliphatic heterocycles. The summed E-state index contributed by atoms with van der Waals surface area (Å²) in [7, 11) is 0. The number of hydrogen-bond acceptors (Lipinski definition) is 9. The summed E-state index contributed by atoms with van der Waals surface area (Å²) in [6, 6.07) is 6.09. The Kier molecular flexibility index (Phi) is 8.57. The van der Waals surface area contributed by atoms with Crippen LogP contribution in [0.4, 0.5) is 16.3 Å². The molecule has 4 heterocycles. The smallest absolute Gasteiger partial charge is 0.414 e. The van der Waals surface area contributed by atoms with Crippen molar-refractivity contribution in [3.05, 3.63) is 36.2 Å². The fourth-order valence-corrected chi connectivity index (χ4v) is 7.71. The Morgan fingerprint density at radius 1 is 1.15 bits per heavy atom. The molecule has 1 N–H and O–H groups in total.